The van der Waals surface area contributed by atoms with Crippen LogP contribution < -0.4 is 10.6 Å². The second-order valence-corrected chi connectivity index (χ2v) is 5.34. The maximum Gasteiger partial charge on any atom is 0.338 e. The molecule has 3 aromatic rings. The average molecular weight is 371 g/mol. The fourth-order valence-corrected chi connectivity index (χ4v) is 2.18. The predicted molar refractivity (Wildman–Crippen MR) is 95.1 cm³/mol. The Morgan fingerprint density at radius 3 is 2.59 bits per heavy atom. The zero-order valence-corrected chi connectivity index (χ0v) is 14.2. The van der Waals surface area contributed by atoms with Gasteiger partial charge in [0.1, 0.15) is 11.6 Å². The number of hydrogen-bond acceptors (Lipinski definition) is 7. The molecule has 0 aliphatic heterocycles. The molecule has 1 heterocycles. The molecular weight excluding hydrogens is 356 g/mol. The number of anilines is 4. The van der Waals surface area contributed by atoms with E-state index in [4.69, 9.17) is 4.74 Å². The first kappa shape index (κ1) is 18.2. The molecule has 3 rings (SSSR count). The van der Waals surface area contributed by atoms with E-state index in [9.17, 15) is 13.6 Å². The molecule has 0 unspecified atom stereocenters. The van der Waals surface area contributed by atoms with Crippen molar-refractivity contribution in [1.82, 2.24) is 15.2 Å². The monoisotopic (exact) mass is 371 g/mol. The molecule has 0 amide bonds. The molecule has 0 bridgehead atoms. The molecule has 9 heteroatoms. The number of esters is 1. The quantitative estimate of drug-likeness (QED) is 0.637. The highest BCUT2D eigenvalue weighted by Crippen LogP contribution is 2.20. The van der Waals surface area contributed by atoms with Crippen molar-refractivity contribution in [2.75, 3.05) is 17.2 Å². The summed E-state index contributed by atoms with van der Waals surface area (Å²) >= 11 is 0. The Labute approximate surface area is 153 Å². The molecule has 2 aromatic carbocycles. The minimum atomic E-state index is -0.772. The molecule has 27 heavy (non-hydrogen) atoms. The fraction of sp³-hybridized carbons (Fsp3) is 0.111. The van der Waals surface area contributed by atoms with Crippen molar-refractivity contribution in [3.63, 3.8) is 0 Å². The minimum Gasteiger partial charge on any atom is -0.462 e. The Bertz CT molecular complexity index is 951. The average Bonchev–Trinajstić information content (AvgIpc) is 2.65. The highest BCUT2D eigenvalue weighted by molar-refractivity contribution is 5.89. The van der Waals surface area contributed by atoms with Crippen LogP contribution in [0, 0.1) is 11.6 Å². The molecule has 0 fully saturated rings. The summed E-state index contributed by atoms with van der Waals surface area (Å²) < 4.78 is 31.6. The summed E-state index contributed by atoms with van der Waals surface area (Å²) in [6.45, 7) is 2.04. The second kappa shape index (κ2) is 8.17. The number of aromatic nitrogens is 3. The molecule has 0 aliphatic carbocycles. The molecule has 0 spiro atoms. The smallest absolute Gasteiger partial charge is 0.338 e. The third kappa shape index (κ3) is 4.72. The van der Waals surface area contributed by atoms with Gasteiger partial charge in [-0.2, -0.15) is 10.1 Å². The summed E-state index contributed by atoms with van der Waals surface area (Å²) in [6, 6.07) is 9.70. The van der Waals surface area contributed by atoms with Crippen molar-refractivity contribution in [1.29, 1.82) is 0 Å². The Balaban J connectivity index is 1.71. The number of nitrogens with one attached hydrogen (secondary N) is 2. The number of benzene rings is 2. The molecule has 0 aliphatic rings. The lowest BCUT2D eigenvalue weighted by Crippen LogP contribution is -2.05. The van der Waals surface area contributed by atoms with E-state index in [1.807, 2.05) is 0 Å². The highest BCUT2D eigenvalue weighted by Gasteiger charge is 2.08. The van der Waals surface area contributed by atoms with E-state index in [0.717, 1.165) is 12.1 Å². The van der Waals surface area contributed by atoms with Crippen molar-refractivity contribution in [2.45, 2.75) is 6.92 Å². The Morgan fingerprint density at radius 2 is 1.89 bits per heavy atom. The molecule has 138 valence electrons. The molecule has 0 radical (unpaired) electrons. The van der Waals surface area contributed by atoms with E-state index in [2.05, 4.69) is 25.8 Å². The Kier molecular flexibility index (Phi) is 5.50. The van der Waals surface area contributed by atoms with Gasteiger partial charge in [-0.05, 0) is 43.3 Å². The van der Waals surface area contributed by atoms with E-state index in [-0.39, 0.29) is 11.6 Å². The fourth-order valence-electron chi connectivity index (χ4n) is 2.18. The number of carbonyl (C=O) groups excluding carboxylic acids is 1. The third-order valence-electron chi connectivity index (χ3n) is 3.40. The maximum atomic E-state index is 13.7. The normalized spacial score (nSPS) is 10.3. The zero-order valence-electron chi connectivity index (χ0n) is 14.2. The summed E-state index contributed by atoms with van der Waals surface area (Å²) in [5, 5.41) is 13.2. The largest absolute Gasteiger partial charge is 0.462 e. The van der Waals surface area contributed by atoms with E-state index in [1.165, 1.54) is 12.3 Å². The van der Waals surface area contributed by atoms with Gasteiger partial charge in [0, 0.05) is 11.8 Å². The molecule has 0 saturated carbocycles. The number of ether oxygens (including phenoxy) is 1. The third-order valence-corrected chi connectivity index (χ3v) is 3.40. The number of hydrogen-bond donors (Lipinski definition) is 2. The molecule has 1 aromatic heterocycles. The maximum absolute atomic E-state index is 13.7. The van der Waals surface area contributed by atoms with Gasteiger partial charge >= 0.3 is 5.97 Å². The van der Waals surface area contributed by atoms with Crippen molar-refractivity contribution in [3.8, 4) is 0 Å². The molecular formula is C18H15F2N5O2. The number of nitrogens with zero attached hydrogens (tertiary/aromatic N) is 3. The van der Waals surface area contributed by atoms with Crippen LogP contribution in [0.2, 0.25) is 0 Å². The van der Waals surface area contributed by atoms with E-state index in [0.29, 0.717) is 23.7 Å². The van der Waals surface area contributed by atoms with Gasteiger partial charge in [-0.25, -0.2) is 13.6 Å². The summed E-state index contributed by atoms with van der Waals surface area (Å²) in [4.78, 5) is 15.8. The topological polar surface area (TPSA) is 89.0 Å². The first-order valence-corrected chi connectivity index (χ1v) is 8.01. The first-order valence-electron chi connectivity index (χ1n) is 8.01. The van der Waals surface area contributed by atoms with Gasteiger partial charge in [-0.15, -0.1) is 5.10 Å². The second-order valence-electron chi connectivity index (χ2n) is 5.34. The first-order chi connectivity index (χ1) is 13.0. The van der Waals surface area contributed by atoms with Crippen LogP contribution in [-0.4, -0.2) is 27.8 Å². The van der Waals surface area contributed by atoms with E-state index in [1.54, 1.807) is 31.2 Å². The summed E-state index contributed by atoms with van der Waals surface area (Å²) in [6.07, 6.45) is 1.38. The molecule has 0 saturated heterocycles. The van der Waals surface area contributed by atoms with Gasteiger partial charge in [0.25, 0.3) is 0 Å². The van der Waals surface area contributed by atoms with Crippen LogP contribution in [0.25, 0.3) is 0 Å². The van der Waals surface area contributed by atoms with Crippen molar-refractivity contribution in [2.24, 2.45) is 0 Å². The van der Waals surface area contributed by atoms with Gasteiger partial charge in [-0.3, -0.25) is 0 Å². The zero-order chi connectivity index (χ0) is 19.2. The van der Waals surface area contributed by atoms with Gasteiger partial charge in [0.15, 0.2) is 5.82 Å². The minimum absolute atomic E-state index is 0.0224. The van der Waals surface area contributed by atoms with Crippen molar-refractivity contribution >= 4 is 29.1 Å². The van der Waals surface area contributed by atoms with Crippen LogP contribution in [0.4, 0.5) is 31.9 Å². The summed E-state index contributed by atoms with van der Waals surface area (Å²) in [7, 11) is 0. The number of carbonyl (C=O) groups is 1. The van der Waals surface area contributed by atoms with Crippen LogP contribution >= 0.6 is 0 Å². The Morgan fingerprint density at radius 1 is 1.11 bits per heavy atom. The summed E-state index contributed by atoms with van der Waals surface area (Å²) in [5.74, 6) is -1.47. The van der Waals surface area contributed by atoms with Crippen molar-refractivity contribution < 1.29 is 18.3 Å². The Hall–Kier alpha value is -3.62. The number of rotatable bonds is 6. The lowest BCUT2D eigenvalue weighted by Gasteiger charge is -2.09. The van der Waals surface area contributed by atoms with E-state index < -0.39 is 17.6 Å². The van der Waals surface area contributed by atoms with Crippen LogP contribution in [0.5, 0.6) is 0 Å². The van der Waals surface area contributed by atoms with Gasteiger partial charge in [-0.1, -0.05) is 0 Å². The predicted octanol–water partition coefficient (Wildman–Crippen LogP) is 3.81. The van der Waals surface area contributed by atoms with Crippen molar-refractivity contribution in [3.05, 3.63) is 65.9 Å². The standard InChI is InChI=1S/C18H15F2N5O2/c1-2-27-17(26)11-3-6-13(7-4-11)22-16-10-21-25-18(24-16)23-15-8-5-12(19)9-14(15)20/h3-10H,2H2,1H3,(H2,22,23,24,25). The number of halogens is 2. The van der Waals surface area contributed by atoms with Gasteiger partial charge < -0.3 is 15.4 Å². The van der Waals surface area contributed by atoms with Crippen LogP contribution in [0.15, 0.2) is 48.7 Å². The highest BCUT2D eigenvalue weighted by atomic mass is 19.1. The molecule has 0 atom stereocenters. The van der Waals surface area contributed by atoms with Gasteiger partial charge in [0.2, 0.25) is 5.95 Å². The van der Waals surface area contributed by atoms with E-state index >= 15 is 0 Å². The van der Waals surface area contributed by atoms with Crippen LogP contribution in [0.1, 0.15) is 17.3 Å². The van der Waals surface area contributed by atoms with Crippen LogP contribution in [-0.2, 0) is 4.74 Å². The SMILES string of the molecule is CCOC(=O)c1ccc(Nc2cnnc(Nc3ccc(F)cc3F)n2)cc1. The van der Waals surface area contributed by atoms with Gasteiger partial charge in [0.05, 0.1) is 24.1 Å². The lowest BCUT2D eigenvalue weighted by molar-refractivity contribution is 0.0526. The lowest BCUT2D eigenvalue weighted by atomic mass is 10.2. The molecule has 2 N–H and O–H groups in total. The van der Waals surface area contributed by atoms with Crippen LogP contribution in [0.3, 0.4) is 0 Å². The molecule has 7 nitrogen and oxygen atoms in total. The summed E-state index contributed by atoms with van der Waals surface area (Å²) in [5.41, 5.74) is 1.11.